The molecule has 4 rings (SSSR count). The summed E-state index contributed by atoms with van der Waals surface area (Å²) in [6, 6.07) is 6.31. The molecule has 3 aromatic rings. The average Bonchev–Trinajstić information content (AvgIpc) is 3.17. The Morgan fingerprint density at radius 2 is 1.75 bits per heavy atom. The number of piperazine rings is 1. The van der Waals surface area contributed by atoms with Crippen LogP contribution >= 0.6 is 0 Å². The van der Waals surface area contributed by atoms with Gasteiger partial charge < -0.3 is 14.2 Å². The van der Waals surface area contributed by atoms with E-state index < -0.39 is 0 Å². The Morgan fingerprint density at radius 1 is 1.03 bits per heavy atom. The zero-order valence-electron chi connectivity index (χ0n) is 19.4. The van der Waals surface area contributed by atoms with Gasteiger partial charge in [-0.25, -0.2) is 9.78 Å². The Kier molecular flexibility index (Phi) is 6.48. The Bertz CT molecular complexity index is 1220. The fraction of sp³-hybridized carbons (Fsp3) is 0.522. The second-order valence-electron chi connectivity index (χ2n) is 8.61. The highest BCUT2D eigenvalue weighted by molar-refractivity contribution is 5.69. The van der Waals surface area contributed by atoms with Crippen molar-refractivity contribution in [1.82, 2.24) is 28.5 Å². The lowest BCUT2D eigenvalue weighted by atomic mass is 10.1. The van der Waals surface area contributed by atoms with Crippen LogP contribution in [0.3, 0.4) is 0 Å². The van der Waals surface area contributed by atoms with E-state index in [9.17, 15) is 9.59 Å². The van der Waals surface area contributed by atoms with Gasteiger partial charge in [0.2, 0.25) is 0 Å². The van der Waals surface area contributed by atoms with E-state index in [0.717, 1.165) is 51.4 Å². The third-order valence-electron chi connectivity index (χ3n) is 6.35. The summed E-state index contributed by atoms with van der Waals surface area (Å²) in [7, 11) is 5.16. The first-order chi connectivity index (χ1) is 15.4. The van der Waals surface area contributed by atoms with Crippen molar-refractivity contribution >= 4 is 11.2 Å². The fourth-order valence-electron chi connectivity index (χ4n) is 4.49. The predicted octanol–water partition coefficient (Wildman–Crippen LogP) is 0.959. The van der Waals surface area contributed by atoms with E-state index in [1.165, 1.54) is 20.3 Å². The maximum Gasteiger partial charge on any atom is 0.332 e. The predicted molar refractivity (Wildman–Crippen MR) is 124 cm³/mol. The maximum atomic E-state index is 12.8. The van der Waals surface area contributed by atoms with Crippen LogP contribution in [0.4, 0.5) is 0 Å². The molecule has 0 N–H and O–H groups in total. The van der Waals surface area contributed by atoms with E-state index in [0.29, 0.717) is 17.7 Å². The van der Waals surface area contributed by atoms with Crippen LogP contribution in [0.1, 0.15) is 17.5 Å². The van der Waals surface area contributed by atoms with E-state index in [2.05, 4.69) is 33.8 Å². The van der Waals surface area contributed by atoms with Crippen molar-refractivity contribution in [2.45, 2.75) is 26.4 Å². The van der Waals surface area contributed by atoms with Crippen molar-refractivity contribution in [1.29, 1.82) is 0 Å². The van der Waals surface area contributed by atoms with Gasteiger partial charge in [-0.2, -0.15) is 0 Å². The van der Waals surface area contributed by atoms with E-state index in [4.69, 9.17) is 4.74 Å². The smallest absolute Gasteiger partial charge is 0.332 e. The van der Waals surface area contributed by atoms with Gasteiger partial charge >= 0.3 is 5.69 Å². The number of fused-ring (bicyclic) bond motifs is 1. The van der Waals surface area contributed by atoms with Crippen molar-refractivity contribution in [2.24, 2.45) is 14.1 Å². The number of methoxy groups -OCH3 is 1. The highest BCUT2D eigenvalue weighted by Crippen LogP contribution is 2.22. The highest BCUT2D eigenvalue weighted by atomic mass is 16.5. The lowest BCUT2D eigenvalue weighted by molar-refractivity contribution is 0.124. The highest BCUT2D eigenvalue weighted by Gasteiger charge is 2.19. The van der Waals surface area contributed by atoms with Gasteiger partial charge in [0.15, 0.2) is 11.2 Å². The normalized spacial score (nSPS) is 15.5. The number of nitrogens with zero attached hydrogens (tertiary/aromatic N) is 6. The summed E-state index contributed by atoms with van der Waals surface area (Å²) in [6.07, 6.45) is 2.33. The van der Waals surface area contributed by atoms with Crippen LogP contribution in [0, 0.1) is 6.92 Å². The van der Waals surface area contributed by atoms with Crippen molar-refractivity contribution in [3.63, 3.8) is 0 Å². The Hall–Kier alpha value is -2.91. The first kappa shape index (κ1) is 22.3. The molecular formula is C23H32N6O3. The summed E-state index contributed by atoms with van der Waals surface area (Å²) < 4.78 is 9.98. The summed E-state index contributed by atoms with van der Waals surface area (Å²) in [5, 5.41) is 0. The molecular weight excluding hydrogens is 408 g/mol. The van der Waals surface area contributed by atoms with E-state index in [1.807, 2.05) is 6.07 Å². The van der Waals surface area contributed by atoms with Gasteiger partial charge in [-0.05, 0) is 26.0 Å². The molecule has 3 heterocycles. The molecule has 32 heavy (non-hydrogen) atoms. The third-order valence-corrected chi connectivity index (χ3v) is 6.35. The quantitative estimate of drug-likeness (QED) is 0.545. The van der Waals surface area contributed by atoms with Crippen molar-refractivity contribution in [3.8, 4) is 5.75 Å². The number of rotatable bonds is 7. The Labute approximate surface area is 187 Å². The van der Waals surface area contributed by atoms with Gasteiger partial charge in [0.05, 0.1) is 13.4 Å². The molecule has 0 amide bonds. The van der Waals surface area contributed by atoms with Crippen LogP contribution in [0.2, 0.25) is 0 Å². The van der Waals surface area contributed by atoms with E-state index in [-0.39, 0.29) is 11.2 Å². The monoisotopic (exact) mass is 440 g/mol. The Balaban J connectivity index is 1.33. The SMILES string of the molecule is COc1ccc(C)cc1CN1CCN(CCCn2c(=O)c3c(ncn3C)n(C)c2=O)CC1. The molecule has 0 atom stereocenters. The third kappa shape index (κ3) is 4.35. The number of aromatic nitrogens is 4. The molecule has 172 valence electrons. The second-order valence-corrected chi connectivity index (χ2v) is 8.61. The molecule has 9 heteroatoms. The number of benzene rings is 1. The minimum Gasteiger partial charge on any atom is -0.496 e. The van der Waals surface area contributed by atoms with E-state index in [1.54, 1.807) is 32.1 Å². The molecule has 1 aromatic carbocycles. The van der Waals surface area contributed by atoms with Gasteiger partial charge in [0, 0.05) is 58.9 Å². The van der Waals surface area contributed by atoms with Crippen molar-refractivity contribution in [3.05, 3.63) is 56.5 Å². The van der Waals surface area contributed by atoms with Crippen LogP contribution in [-0.2, 0) is 27.2 Å². The minimum absolute atomic E-state index is 0.264. The number of hydrogen-bond acceptors (Lipinski definition) is 6. The second kappa shape index (κ2) is 9.30. The lowest BCUT2D eigenvalue weighted by Gasteiger charge is -2.35. The summed E-state index contributed by atoms with van der Waals surface area (Å²) in [4.78, 5) is 34.5. The van der Waals surface area contributed by atoms with Gasteiger partial charge in [-0.1, -0.05) is 17.7 Å². The zero-order valence-corrected chi connectivity index (χ0v) is 19.4. The molecule has 9 nitrogen and oxygen atoms in total. The molecule has 1 fully saturated rings. The molecule has 0 aliphatic carbocycles. The first-order valence-electron chi connectivity index (χ1n) is 11.1. The molecule has 1 saturated heterocycles. The molecule has 0 bridgehead atoms. The fourth-order valence-corrected chi connectivity index (χ4v) is 4.49. The van der Waals surface area contributed by atoms with Crippen molar-refractivity contribution < 1.29 is 4.74 Å². The van der Waals surface area contributed by atoms with Crippen LogP contribution in [0.5, 0.6) is 5.75 Å². The average molecular weight is 441 g/mol. The standard InChI is InChI=1S/C23H32N6O3/c1-17-6-7-19(32-4)18(14-17)15-28-12-10-27(11-13-28)8-5-9-29-22(30)20-21(24-16-25(20)2)26(3)23(29)31/h6-7,14,16H,5,8-13,15H2,1-4H3. The number of hydrogen-bond donors (Lipinski definition) is 0. The largest absolute Gasteiger partial charge is 0.496 e. The Morgan fingerprint density at radius 3 is 2.47 bits per heavy atom. The topological polar surface area (TPSA) is 77.5 Å². The minimum atomic E-state index is -0.307. The van der Waals surface area contributed by atoms with Crippen LogP contribution in [-0.4, -0.2) is 68.3 Å². The first-order valence-corrected chi connectivity index (χ1v) is 11.1. The summed E-state index contributed by atoms with van der Waals surface area (Å²) in [5.74, 6) is 0.940. The number of aryl methyl sites for hydroxylation is 3. The van der Waals surface area contributed by atoms with Crippen LogP contribution in [0.15, 0.2) is 34.1 Å². The van der Waals surface area contributed by atoms with Gasteiger partial charge in [-0.15, -0.1) is 0 Å². The van der Waals surface area contributed by atoms with Gasteiger partial charge in [-0.3, -0.25) is 18.8 Å². The molecule has 0 radical (unpaired) electrons. The summed E-state index contributed by atoms with van der Waals surface area (Å²) in [6.45, 7) is 8.18. The summed E-state index contributed by atoms with van der Waals surface area (Å²) >= 11 is 0. The molecule has 0 unspecified atom stereocenters. The molecule has 1 aliphatic heterocycles. The van der Waals surface area contributed by atoms with Crippen LogP contribution in [0.25, 0.3) is 11.2 Å². The molecule has 2 aromatic heterocycles. The summed E-state index contributed by atoms with van der Waals surface area (Å²) in [5.41, 5.74) is 2.79. The molecule has 0 spiro atoms. The van der Waals surface area contributed by atoms with Crippen LogP contribution < -0.4 is 16.0 Å². The van der Waals surface area contributed by atoms with Crippen molar-refractivity contribution in [2.75, 3.05) is 39.8 Å². The van der Waals surface area contributed by atoms with Gasteiger partial charge in [0.1, 0.15) is 5.75 Å². The molecule has 0 saturated carbocycles. The number of ether oxygens (including phenoxy) is 1. The van der Waals surface area contributed by atoms with Gasteiger partial charge in [0.25, 0.3) is 5.56 Å². The maximum absolute atomic E-state index is 12.8. The number of imidazole rings is 1. The zero-order chi connectivity index (χ0) is 22.8. The lowest BCUT2D eigenvalue weighted by Crippen LogP contribution is -2.46. The molecule has 1 aliphatic rings. The van der Waals surface area contributed by atoms with E-state index >= 15 is 0 Å².